The van der Waals surface area contributed by atoms with Crippen LogP contribution in [-0.2, 0) is 19.7 Å². The maximum absolute atomic E-state index is 13.6. The topological polar surface area (TPSA) is 66.8 Å². The zero-order chi connectivity index (χ0) is 25.6. The summed E-state index contributed by atoms with van der Waals surface area (Å²) < 4.78 is 5.84. The van der Waals surface area contributed by atoms with E-state index < -0.39 is 17.7 Å². The molecule has 5 heteroatoms. The molecule has 5 rings (SSSR count). The van der Waals surface area contributed by atoms with Crippen molar-refractivity contribution in [2.75, 3.05) is 13.2 Å². The molecule has 2 atom stereocenters. The summed E-state index contributed by atoms with van der Waals surface area (Å²) in [4.78, 5) is 28.6. The van der Waals surface area contributed by atoms with Crippen molar-refractivity contribution in [2.45, 2.75) is 58.1 Å². The maximum Gasteiger partial charge on any atom is 0.295 e. The molecule has 1 amide bonds. The summed E-state index contributed by atoms with van der Waals surface area (Å²) in [5, 5.41) is 13.7. The first kappa shape index (κ1) is 24.3. The molecular weight excluding hydrogens is 450 g/mol. The second-order valence-electron chi connectivity index (χ2n) is 10.9. The molecular formula is C31H33NO4. The number of rotatable bonds is 4. The van der Waals surface area contributed by atoms with Crippen LogP contribution in [0.1, 0.15) is 61.9 Å². The van der Waals surface area contributed by atoms with Crippen LogP contribution in [0.5, 0.6) is 0 Å². The van der Waals surface area contributed by atoms with Crippen LogP contribution in [0.4, 0.5) is 0 Å². The lowest BCUT2D eigenvalue weighted by Gasteiger charge is -2.28. The van der Waals surface area contributed by atoms with Gasteiger partial charge in [0.15, 0.2) is 0 Å². The number of Topliss-reactive ketones (excluding diaryl/α,β-unsaturated/α-hetero) is 1. The van der Waals surface area contributed by atoms with Gasteiger partial charge in [-0.1, -0.05) is 75.4 Å². The van der Waals surface area contributed by atoms with E-state index in [2.05, 4.69) is 20.8 Å². The number of aliphatic hydroxyl groups is 1. The van der Waals surface area contributed by atoms with Gasteiger partial charge in [0.2, 0.25) is 0 Å². The van der Waals surface area contributed by atoms with Crippen LogP contribution < -0.4 is 0 Å². The first-order valence-corrected chi connectivity index (χ1v) is 12.7. The van der Waals surface area contributed by atoms with Gasteiger partial charge in [-0.15, -0.1) is 0 Å². The molecule has 0 aliphatic carbocycles. The number of carbonyl (C=O) groups is 2. The molecule has 1 N–H and O–H groups in total. The molecule has 0 spiro atoms. The molecule has 36 heavy (non-hydrogen) atoms. The van der Waals surface area contributed by atoms with E-state index in [1.165, 1.54) is 0 Å². The van der Waals surface area contributed by atoms with E-state index >= 15 is 0 Å². The Balaban J connectivity index is 1.73. The minimum Gasteiger partial charge on any atom is -0.507 e. The van der Waals surface area contributed by atoms with Crippen LogP contribution in [0.15, 0.2) is 66.2 Å². The first-order valence-electron chi connectivity index (χ1n) is 12.7. The third-order valence-corrected chi connectivity index (χ3v) is 7.44. The number of ether oxygens (including phenoxy) is 1. The zero-order valence-corrected chi connectivity index (χ0v) is 21.4. The van der Waals surface area contributed by atoms with Gasteiger partial charge in [-0.05, 0) is 58.7 Å². The molecule has 2 saturated heterocycles. The van der Waals surface area contributed by atoms with Crippen molar-refractivity contribution in [1.82, 2.24) is 4.90 Å². The number of aliphatic hydroxyl groups excluding tert-OH is 1. The summed E-state index contributed by atoms with van der Waals surface area (Å²) in [6.07, 6.45) is 1.66. The lowest BCUT2D eigenvalue weighted by atomic mass is 9.84. The molecule has 2 unspecified atom stereocenters. The standard InChI is InChI=1S/C31H33NO4/c1-19-14-15-21(31(2,3)4)17-25(19)28(33)26-27(24-13-7-10-20-9-5-6-12-23(20)24)32(30(35)29(26)34)18-22-11-8-16-36-22/h5-7,9-10,12-15,17,22,27,33H,8,11,16,18H2,1-4H3/b28-26+. The molecule has 2 aliphatic heterocycles. The van der Waals surface area contributed by atoms with Gasteiger partial charge in [-0.2, -0.15) is 0 Å². The van der Waals surface area contributed by atoms with Crippen molar-refractivity contribution in [3.8, 4) is 0 Å². The number of fused-ring (bicyclic) bond motifs is 1. The summed E-state index contributed by atoms with van der Waals surface area (Å²) in [5.41, 5.74) is 3.32. The monoisotopic (exact) mass is 483 g/mol. The third-order valence-electron chi connectivity index (χ3n) is 7.44. The molecule has 0 bridgehead atoms. The SMILES string of the molecule is Cc1ccc(C(C)(C)C)cc1/C(O)=C1\C(=O)C(=O)N(CC2CCCO2)C1c1cccc2ccccc12. The van der Waals surface area contributed by atoms with E-state index in [1.807, 2.05) is 67.6 Å². The summed E-state index contributed by atoms with van der Waals surface area (Å²) in [6, 6.07) is 19.1. The predicted octanol–water partition coefficient (Wildman–Crippen LogP) is 6.05. The Bertz CT molecular complexity index is 1370. The van der Waals surface area contributed by atoms with E-state index in [1.54, 1.807) is 4.90 Å². The Morgan fingerprint density at radius 2 is 1.81 bits per heavy atom. The van der Waals surface area contributed by atoms with Crippen molar-refractivity contribution in [3.05, 3.63) is 88.5 Å². The average Bonchev–Trinajstić information content (AvgIpc) is 3.45. The van der Waals surface area contributed by atoms with Crippen LogP contribution >= 0.6 is 0 Å². The van der Waals surface area contributed by atoms with Gasteiger partial charge >= 0.3 is 0 Å². The quantitative estimate of drug-likeness (QED) is 0.279. The van der Waals surface area contributed by atoms with E-state index in [-0.39, 0.29) is 22.9 Å². The van der Waals surface area contributed by atoms with Gasteiger partial charge in [0.05, 0.1) is 17.7 Å². The Morgan fingerprint density at radius 1 is 1.06 bits per heavy atom. The molecule has 3 aromatic carbocycles. The van der Waals surface area contributed by atoms with Crippen LogP contribution in [-0.4, -0.2) is 41.0 Å². The number of likely N-dealkylation sites (tertiary alicyclic amines) is 1. The summed E-state index contributed by atoms with van der Waals surface area (Å²) >= 11 is 0. The molecule has 186 valence electrons. The largest absolute Gasteiger partial charge is 0.507 e. The number of hydrogen-bond acceptors (Lipinski definition) is 4. The van der Waals surface area contributed by atoms with Crippen LogP contribution in [0.25, 0.3) is 16.5 Å². The predicted molar refractivity (Wildman–Crippen MR) is 142 cm³/mol. The number of carbonyl (C=O) groups excluding carboxylic acids is 2. The highest BCUT2D eigenvalue weighted by Crippen LogP contribution is 2.43. The van der Waals surface area contributed by atoms with Gasteiger partial charge in [0.25, 0.3) is 11.7 Å². The highest BCUT2D eigenvalue weighted by molar-refractivity contribution is 6.46. The molecule has 2 aliphatic rings. The van der Waals surface area contributed by atoms with E-state index in [9.17, 15) is 14.7 Å². The second kappa shape index (κ2) is 9.21. The number of ketones is 1. The summed E-state index contributed by atoms with van der Waals surface area (Å²) in [5.74, 6) is -1.36. The lowest BCUT2D eigenvalue weighted by Crippen LogP contribution is -2.36. The number of hydrogen-bond donors (Lipinski definition) is 1. The molecule has 0 saturated carbocycles. The van der Waals surface area contributed by atoms with E-state index in [0.29, 0.717) is 18.7 Å². The van der Waals surface area contributed by atoms with Crippen molar-refractivity contribution in [3.63, 3.8) is 0 Å². The molecule has 2 fully saturated rings. The fourth-order valence-corrected chi connectivity index (χ4v) is 5.38. The third kappa shape index (κ3) is 4.22. The average molecular weight is 484 g/mol. The van der Waals surface area contributed by atoms with E-state index in [0.717, 1.165) is 40.3 Å². The smallest absolute Gasteiger partial charge is 0.295 e. The second-order valence-corrected chi connectivity index (χ2v) is 10.9. The Kier molecular flexibility index (Phi) is 6.21. The maximum atomic E-state index is 13.6. The fourth-order valence-electron chi connectivity index (χ4n) is 5.38. The van der Waals surface area contributed by atoms with Gasteiger partial charge in [-0.3, -0.25) is 9.59 Å². The molecule has 0 radical (unpaired) electrons. The number of nitrogens with zero attached hydrogens (tertiary/aromatic N) is 1. The van der Waals surface area contributed by atoms with Crippen LogP contribution in [0.3, 0.4) is 0 Å². The van der Waals surface area contributed by atoms with Gasteiger partial charge in [0.1, 0.15) is 5.76 Å². The molecule has 2 heterocycles. The normalized spacial score (nSPS) is 22.1. The summed E-state index contributed by atoms with van der Waals surface area (Å²) in [6.45, 7) is 9.22. The summed E-state index contributed by atoms with van der Waals surface area (Å²) in [7, 11) is 0. The van der Waals surface area contributed by atoms with Gasteiger partial charge in [0, 0.05) is 18.7 Å². The Labute approximate surface area is 212 Å². The fraction of sp³-hybridized carbons (Fsp3) is 0.355. The Hall–Kier alpha value is -3.44. The molecule has 0 aromatic heterocycles. The number of aryl methyl sites for hydroxylation is 1. The van der Waals surface area contributed by atoms with Crippen molar-refractivity contribution in [2.24, 2.45) is 0 Å². The lowest BCUT2D eigenvalue weighted by molar-refractivity contribution is -0.140. The minimum atomic E-state index is -0.696. The molecule has 3 aromatic rings. The van der Waals surface area contributed by atoms with Gasteiger partial charge in [-0.25, -0.2) is 0 Å². The van der Waals surface area contributed by atoms with Crippen LogP contribution in [0.2, 0.25) is 0 Å². The highest BCUT2D eigenvalue weighted by atomic mass is 16.5. The number of amides is 1. The van der Waals surface area contributed by atoms with Crippen molar-refractivity contribution >= 4 is 28.2 Å². The van der Waals surface area contributed by atoms with E-state index in [4.69, 9.17) is 4.74 Å². The number of benzene rings is 3. The first-order chi connectivity index (χ1) is 17.2. The van der Waals surface area contributed by atoms with Crippen molar-refractivity contribution in [1.29, 1.82) is 0 Å². The van der Waals surface area contributed by atoms with Gasteiger partial charge < -0.3 is 14.7 Å². The molecule has 5 nitrogen and oxygen atoms in total. The Morgan fingerprint density at radius 3 is 2.53 bits per heavy atom. The zero-order valence-electron chi connectivity index (χ0n) is 21.4. The minimum absolute atomic E-state index is 0.119. The van der Waals surface area contributed by atoms with Crippen LogP contribution in [0, 0.1) is 6.92 Å². The highest BCUT2D eigenvalue weighted by Gasteiger charge is 2.47. The van der Waals surface area contributed by atoms with Crippen molar-refractivity contribution < 1.29 is 19.4 Å².